The molecule has 0 aliphatic rings. The fourth-order valence-corrected chi connectivity index (χ4v) is 2.29. The zero-order chi connectivity index (χ0) is 14.5. The maximum atomic E-state index is 11.1. The Bertz CT molecular complexity index is 607. The number of nitrogens with one attached hydrogen (secondary N) is 2. The van der Waals surface area contributed by atoms with Gasteiger partial charge in [-0.2, -0.15) is 0 Å². The summed E-state index contributed by atoms with van der Waals surface area (Å²) < 4.78 is 0. The average Bonchev–Trinajstić information content (AvgIpc) is 2.38. The molecule has 104 valence electrons. The maximum Gasteiger partial charge on any atom is 0.221 e. The Morgan fingerprint density at radius 3 is 2.45 bits per heavy atom. The number of hydrogen-bond donors (Lipinski definition) is 2. The van der Waals surface area contributed by atoms with Crippen LogP contribution in [0.5, 0.6) is 0 Å². The second kappa shape index (κ2) is 6.24. The number of benzene rings is 2. The fourth-order valence-electron chi connectivity index (χ4n) is 2.29. The molecule has 2 N–H and O–H groups in total. The molecule has 0 saturated carbocycles. The van der Waals surface area contributed by atoms with Gasteiger partial charge in [0, 0.05) is 24.3 Å². The van der Waals surface area contributed by atoms with Crippen LogP contribution in [-0.4, -0.2) is 5.91 Å². The molecule has 1 amide bonds. The number of carbonyl (C=O) groups is 1. The summed E-state index contributed by atoms with van der Waals surface area (Å²) >= 11 is 0. The van der Waals surface area contributed by atoms with E-state index in [4.69, 9.17) is 0 Å². The van der Waals surface area contributed by atoms with Gasteiger partial charge in [0.15, 0.2) is 0 Å². The molecule has 0 aliphatic heterocycles. The largest absolute Gasteiger partial charge is 0.378 e. The molecule has 1 atom stereocenters. The van der Waals surface area contributed by atoms with E-state index in [1.807, 2.05) is 36.4 Å². The molecule has 0 radical (unpaired) electrons. The number of aryl methyl sites for hydroxylation is 1. The first-order valence-electron chi connectivity index (χ1n) is 6.76. The molecule has 0 spiro atoms. The van der Waals surface area contributed by atoms with E-state index < -0.39 is 0 Å². The lowest BCUT2D eigenvalue weighted by molar-refractivity contribution is -0.114. The Kier molecular flexibility index (Phi) is 4.41. The molecule has 3 heteroatoms. The van der Waals surface area contributed by atoms with Crippen LogP contribution in [0.3, 0.4) is 0 Å². The van der Waals surface area contributed by atoms with E-state index in [-0.39, 0.29) is 11.9 Å². The normalized spacial score (nSPS) is 11.8. The van der Waals surface area contributed by atoms with Crippen molar-refractivity contribution in [2.24, 2.45) is 0 Å². The van der Waals surface area contributed by atoms with Gasteiger partial charge >= 0.3 is 0 Å². The lowest BCUT2D eigenvalue weighted by Crippen LogP contribution is -2.09. The fraction of sp³-hybridized carbons (Fsp3) is 0.235. The van der Waals surface area contributed by atoms with Crippen molar-refractivity contribution >= 4 is 17.3 Å². The van der Waals surface area contributed by atoms with E-state index >= 15 is 0 Å². The second-order valence-electron chi connectivity index (χ2n) is 4.98. The van der Waals surface area contributed by atoms with E-state index in [0.717, 1.165) is 11.4 Å². The SMILES string of the molecule is CC(=O)Nc1cccc(NC(C)c2ccccc2C)c1. The summed E-state index contributed by atoms with van der Waals surface area (Å²) in [5.74, 6) is -0.0610. The molecule has 0 heterocycles. The van der Waals surface area contributed by atoms with Crippen molar-refractivity contribution in [2.45, 2.75) is 26.8 Å². The van der Waals surface area contributed by atoms with E-state index in [9.17, 15) is 4.79 Å². The van der Waals surface area contributed by atoms with Gasteiger partial charge in [0.05, 0.1) is 0 Å². The van der Waals surface area contributed by atoms with Crippen LogP contribution in [0.15, 0.2) is 48.5 Å². The molecule has 2 aromatic carbocycles. The molecular formula is C17H20N2O. The average molecular weight is 268 g/mol. The Morgan fingerprint density at radius 1 is 1.05 bits per heavy atom. The van der Waals surface area contributed by atoms with Crippen LogP contribution >= 0.6 is 0 Å². The minimum Gasteiger partial charge on any atom is -0.378 e. The van der Waals surface area contributed by atoms with Crippen molar-refractivity contribution in [3.8, 4) is 0 Å². The van der Waals surface area contributed by atoms with Crippen LogP contribution in [0.25, 0.3) is 0 Å². The summed E-state index contributed by atoms with van der Waals surface area (Å²) in [5, 5.41) is 6.25. The van der Waals surface area contributed by atoms with Gasteiger partial charge in [-0.3, -0.25) is 4.79 Å². The van der Waals surface area contributed by atoms with Crippen molar-refractivity contribution < 1.29 is 4.79 Å². The summed E-state index contributed by atoms with van der Waals surface area (Å²) in [6, 6.07) is 16.3. The van der Waals surface area contributed by atoms with Gasteiger partial charge in [0.2, 0.25) is 5.91 Å². The number of hydrogen-bond acceptors (Lipinski definition) is 2. The maximum absolute atomic E-state index is 11.1. The molecule has 2 rings (SSSR count). The van der Waals surface area contributed by atoms with Crippen LogP contribution in [-0.2, 0) is 4.79 Å². The van der Waals surface area contributed by atoms with Crippen LogP contribution in [0.4, 0.5) is 11.4 Å². The Labute approximate surface area is 120 Å². The van der Waals surface area contributed by atoms with Crippen molar-refractivity contribution in [1.82, 2.24) is 0 Å². The third kappa shape index (κ3) is 3.60. The van der Waals surface area contributed by atoms with Crippen molar-refractivity contribution in [3.63, 3.8) is 0 Å². The summed E-state index contributed by atoms with van der Waals surface area (Å²) in [6.07, 6.45) is 0. The van der Waals surface area contributed by atoms with Crippen LogP contribution in [0.2, 0.25) is 0 Å². The summed E-state index contributed by atoms with van der Waals surface area (Å²) in [7, 11) is 0. The van der Waals surface area contributed by atoms with Crippen molar-refractivity contribution in [3.05, 3.63) is 59.7 Å². The van der Waals surface area contributed by atoms with E-state index in [1.165, 1.54) is 18.1 Å². The molecule has 20 heavy (non-hydrogen) atoms. The number of carbonyl (C=O) groups excluding carboxylic acids is 1. The predicted molar refractivity (Wildman–Crippen MR) is 84.0 cm³/mol. The summed E-state index contributed by atoms with van der Waals surface area (Å²) in [5.41, 5.74) is 4.34. The topological polar surface area (TPSA) is 41.1 Å². The first-order valence-corrected chi connectivity index (χ1v) is 6.76. The van der Waals surface area contributed by atoms with E-state index in [0.29, 0.717) is 0 Å². The molecule has 0 saturated heterocycles. The highest BCUT2D eigenvalue weighted by atomic mass is 16.1. The monoisotopic (exact) mass is 268 g/mol. The molecule has 1 unspecified atom stereocenters. The minimum atomic E-state index is -0.0610. The quantitative estimate of drug-likeness (QED) is 0.875. The van der Waals surface area contributed by atoms with Gasteiger partial charge in [-0.25, -0.2) is 0 Å². The van der Waals surface area contributed by atoms with Gasteiger partial charge in [0.25, 0.3) is 0 Å². The summed E-state index contributed by atoms with van der Waals surface area (Å²) in [4.78, 5) is 11.1. The first-order chi connectivity index (χ1) is 9.56. The minimum absolute atomic E-state index is 0.0610. The van der Waals surface area contributed by atoms with Gasteiger partial charge < -0.3 is 10.6 Å². The van der Waals surface area contributed by atoms with E-state index in [2.05, 4.69) is 36.6 Å². The molecule has 0 bridgehead atoms. The van der Waals surface area contributed by atoms with Crippen molar-refractivity contribution in [2.75, 3.05) is 10.6 Å². The van der Waals surface area contributed by atoms with Crippen LogP contribution in [0, 0.1) is 6.92 Å². The van der Waals surface area contributed by atoms with Gasteiger partial charge in [-0.15, -0.1) is 0 Å². The first kappa shape index (κ1) is 14.1. The van der Waals surface area contributed by atoms with Crippen LogP contribution in [0.1, 0.15) is 31.0 Å². The van der Waals surface area contributed by atoms with Gasteiger partial charge in [-0.1, -0.05) is 30.3 Å². The molecule has 0 aromatic heterocycles. The van der Waals surface area contributed by atoms with E-state index in [1.54, 1.807) is 0 Å². The highest BCUT2D eigenvalue weighted by molar-refractivity contribution is 5.89. The van der Waals surface area contributed by atoms with Crippen LogP contribution < -0.4 is 10.6 Å². The zero-order valence-electron chi connectivity index (χ0n) is 12.1. The zero-order valence-corrected chi connectivity index (χ0v) is 12.1. The third-order valence-corrected chi connectivity index (χ3v) is 3.22. The van der Waals surface area contributed by atoms with Gasteiger partial charge in [-0.05, 0) is 43.2 Å². The Morgan fingerprint density at radius 2 is 1.75 bits per heavy atom. The molecule has 3 nitrogen and oxygen atoms in total. The van der Waals surface area contributed by atoms with Gasteiger partial charge in [0.1, 0.15) is 0 Å². The van der Waals surface area contributed by atoms with Crippen molar-refractivity contribution in [1.29, 1.82) is 0 Å². The molecule has 2 aromatic rings. The lowest BCUT2D eigenvalue weighted by Gasteiger charge is -2.18. The highest BCUT2D eigenvalue weighted by Crippen LogP contribution is 2.23. The number of rotatable bonds is 4. The Hall–Kier alpha value is -2.29. The second-order valence-corrected chi connectivity index (χ2v) is 4.98. The third-order valence-electron chi connectivity index (χ3n) is 3.22. The lowest BCUT2D eigenvalue weighted by atomic mass is 10.0. The smallest absolute Gasteiger partial charge is 0.221 e. The number of anilines is 2. The molecule has 0 aliphatic carbocycles. The highest BCUT2D eigenvalue weighted by Gasteiger charge is 2.08. The molecule has 0 fully saturated rings. The molecular weight excluding hydrogens is 248 g/mol. The predicted octanol–water partition coefficient (Wildman–Crippen LogP) is 4.13. The number of amides is 1. The standard InChI is InChI=1S/C17H20N2O/c1-12-7-4-5-10-17(12)13(2)18-15-8-6-9-16(11-15)19-14(3)20/h4-11,13,18H,1-3H3,(H,19,20). The Balaban J connectivity index is 2.13. The summed E-state index contributed by atoms with van der Waals surface area (Å²) in [6.45, 7) is 5.75.